The molecule has 18 heavy (non-hydrogen) atoms. The minimum Gasteiger partial charge on any atom is -0.344 e. The zero-order valence-corrected chi connectivity index (χ0v) is 11.4. The Morgan fingerprint density at radius 2 is 2.22 bits per heavy atom. The Hall–Kier alpha value is -1.66. The second kappa shape index (κ2) is 6.32. The van der Waals surface area contributed by atoms with E-state index in [1.165, 1.54) is 11.8 Å². The number of H-pyrrole nitrogens is 1. The van der Waals surface area contributed by atoms with Crippen LogP contribution in [0.2, 0.25) is 0 Å². The fourth-order valence-corrected chi connectivity index (χ4v) is 1.54. The fourth-order valence-electron chi connectivity index (χ4n) is 1.34. The van der Waals surface area contributed by atoms with E-state index in [9.17, 15) is 0 Å². The Morgan fingerprint density at radius 3 is 2.94 bits per heavy atom. The number of hydrogen-bond donors (Lipinski definition) is 2. The van der Waals surface area contributed by atoms with Crippen LogP contribution in [0.4, 0.5) is 0 Å². The Kier molecular flexibility index (Phi) is 4.49. The van der Waals surface area contributed by atoms with E-state index >= 15 is 0 Å². The molecule has 0 amide bonds. The summed E-state index contributed by atoms with van der Waals surface area (Å²) in [5.74, 6) is 0.824. The molecule has 0 saturated carbocycles. The van der Waals surface area contributed by atoms with E-state index in [1.807, 2.05) is 36.6 Å². The number of benzene rings is 1. The number of thioether (sulfide) groups is 1. The summed E-state index contributed by atoms with van der Waals surface area (Å²) in [7, 11) is 0. The van der Waals surface area contributed by atoms with Gasteiger partial charge in [0.05, 0.1) is 6.21 Å². The van der Waals surface area contributed by atoms with E-state index in [0.717, 1.165) is 17.1 Å². The van der Waals surface area contributed by atoms with Crippen molar-refractivity contribution in [2.24, 2.45) is 5.10 Å². The van der Waals surface area contributed by atoms with Crippen LogP contribution in [0.3, 0.4) is 0 Å². The Bertz CT molecular complexity index is 548. The lowest BCUT2D eigenvalue weighted by molar-refractivity contribution is 1.07. The molecule has 6 heteroatoms. The van der Waals surface area contributed by atoms with E-state index in [2.05, 4.69) is 20.5 Å². The minimum atomic E-state index is 0.630. The van der Waals surface area contributed by atoms with E-state index in [0.29, 0.717) is 4.32 Å². The molecular formula is C12H12N4S2. The molecule has 0 aliphatic rings. The third-order valence-electron chi connectivity index (χ3n) is 2.18. The predicted octanol–water partition coefficient (Wildman–Crippen LogP) is 2.65. The van der Waals surface area contributed by atoms with Gasteiger partial charge in [0.2, 0.25) is 0 Å². The molecule has 0 fully saturated rings. The average molecular weight is 276 g/mol. The van der Waals surface area contributed by atoms with Gasteiger partial charge in [0.15, 0.2) is 4.32 Å². The Labute approximate surface area is 115 Å². The second-order valence-electron chi connectivity index (χ2n) is 3.40. The van der Waals surface area contributed by atoms with Gasteiger partial charge in [-0.25, -0.2) is 4.98 Å². The zero-order valence-electron chi connectivity index (χ0n) is 9.75. The maximum absolute atomic E-state index is 4.96. The molecule has 92 valence electrons. The van der Waals surface area contributed by atoms with Crippen LogP contribution in [-0.2, 0) is 0 Å². The highest BCUT2D eigenvalue weighted by Crippen LogP contribution is 2.13. The van der Waals surface area contributed by atoms with Crippen LogP contribution in [0.1, 0.15) is 5.69 Å². The molecule has 0 unspecified atom stereocenters. The number of aromatic amines is 1. The van der Waals surface area contributed by atoms with Gasteiger partial charge in [-0.1, -0.05) is 54.3 Å². The van der Waals surface area contributed by atoms with Crippen LogP contribution in [0.25, 0.3) is 11.4 Å². The molecule has 4 nitrogen and oxygen atoms in total. The molecule has 0 bridgehead atoms. The van der Waals surface area contributed by atoms with Crippen molar-refractivity contribution in [1.29, 1.82) is 0 Å². The highest BCUT2D eigenvalue weighted by molar-refractivity contribution is 8.22. The van der Waals surface area contributed by atoms with E-state index in [1.54, 1.807) is 12.4 Å². The monoisotopic (exact) mass is 276 g/mol. The van der Waals surface area contributed by atoms with Gasteiger partial charge in [0, 0.05) is 11.8 Å². The first-order valence-corrected chi connectivity index (χ1v) is 6.91. The highest BCUT2D eigenvalue weighted by atomic mass is 32.2. The number of rotatable bonds is 3. The van der Waals surface area contributed by atoms with Gasteiger partial charge in [-0.15, -0.1) is 0 Å². The first kappa shape index (κ1) is 12.8. The van der Waals surface area contributed by atoms with Crippen molar-refractivity contribution in [3.8, 4) is 11.4 Å². The first-order chi connectivity index (χ1) is 8.79. The molecule has 1 aromatic carbocycles. The molecular weight excluding hydrogens is 264 g/mol. The summed E-state index contributed by atoms with van der Waals surface area (Å²) in [6, 6.07) is 9.93. The molecule has 2 aromatic rings. The summed E-state index contributed by atoms with van der Waals surface area (Å²) >= 11 is 6.40. The largest absolute Gasteiger partial charge is 0.344 e. The molecule has 0 spiro atoms. The molecule has 1 heterocycles. The Morgan fingerprint density at radius 1 is 1.44 bits per heavy atom. The van der Waals surface area contributed by atoms with Crippen molar-refractivity contribution in [2.45, 2.75) is 0 Å². The molecule has 1 aromatic heterocycles. The smallest absolute Gasteiger partial charge is 0.153 e. The average Bonchev–Trinajstić information content (AvgIpc) is 2.88. The predicted molar refractivity (Wildman–Crippen MR) is 80.9 cm³/mol. The summed E-state index contributed by atoms with van der Waals surface area (Å²) in [6.07, 6.45) is 5.33. The lowest BCUT2D eigenvalue weighted by Gasteiger charge is -1.95. The number of aromatic nitrogens is 2. The van der Waals surface area contributed by atoms with Gasteiger partial charge in [-0.05, 0) is 6.26 Å². The molecule has 0 radical (unpaired) electrons. The molecule has 2 rings (SSSR count). The van der Waals surface area contributed by atoms with Crippen LogP contribution in [0.5, 0.6) is 0 Å². The van der Waals surface area contributed by atoms with Crippen LogP contribution in [-0.4, -0.2) is 26.8 Å². The summed E-state index contributed by atoms with van der Waals surface area (Å²) in [5, 5.41) is 4.00. The summed E-state index contributed by atoms with van der Waals surface area (Å²) in [5.41, 5.74) is 4.54. The second-order valence-corrected chi connectivity index (χ2v) is 4.88. The lowest BCUT2D eigenvalue weighted by Crippen LogP contribution is -2.10. The molecule has 0 atom stereocenters. The number of nitrogens with zero attached hydrogens (tertiary/aromatic N) is 2. The first-order valence-electron chi connectivity index (χ1n) is 5.27. The third kappa shape index (κ3) is 3.41. The van der Waals surface area contributed by atoms with Crippen molar-refractivity contribution >= 4 is 34.5 Å². The van der Waals surface area contributed by atoms with Crippen LogP contribution >= 0.6 is 24.0 Å². The SMILES string of the molecule is CSC(=S)N/N=C\c1c[nH]c(-c2ccccc2)n1. The van der Waals surface area contributed by atoms with E-state index in [-0.39, 0.29) is 0 Å². The van der Waals surface area contributed by atoms with Crippen molar-refractivity contribution in [1.82, 2.24) is 15.4 Å². The summed E-state index contributed by atoms with van der Waals surface area (Å²) < 4.78 is 0.630. The van der Waals surface area contributed by atoms with Gasteiger partial charge in [-0.3, -0.25) is 5.43 Å². The van der Waals surface area contributed by atoms with Gasteiger partial charge >= 0.3 is 0 Å². The maximum atomic E-state index is 4.96. The number of hydrazone groups is 1. The van der Waals surface area contributed by atoms with Crippen LogP contribution < -0.4 is 5.43 Å². The van der Waals surface area contributed by atoms with Gasteiger partial charge in [0.25, 0.3) is 0 Å². The number of nitrogens with one attached hydrogen (secondary N) is 2. The standard InChI is InChI=1S/C12H12N4S2/c1-18-12(17)16-14-8-10-7-13-11(15-10)9-5-3-2-4-6-9/h2-8H,1H3,(H,13,15)(H,16,17)/b14-8-. The van der Waals surface area contributed by atoms with E-state index in [4.69, 9.17) is 12.2 Å². The van der Waals surface area contributed by atoms with E-state index < -0.39 is 0 Å². The molecule has 2 N–H and O–H groups in total. The molecule has 0 saturated heterocycles. The number of thiocarbonyl (C=S) groups is 1. The number of imidazole rings is 1. The third-order valence-corrected chi connectivity index (χ3v) is 3.24. The lowest BCUT2D eigenvalue weighted by atomic mass is 10.2. The fraction of sp³-hybridized carbons (Fsp3) is 0.0833. The van der Waals surface area contributed by atoms with Crippen LogP contribution in [0, 0.1) is 0 Å². The van der Waals surface area contributed by atoms with Gasteiger partial charge in [0.1, 0.15) is 11.5 Å². The van der Waals surface area contributed by atoms with Crippen molar-refractivity contribution < 1.29 is 0 Å². The normalized spacial score (nSPS) is 10.7. The van der Waals surface area contributed by atoms with Gasteiger partial charge < -0.3 is 4.98 Å². The maximum Gasteiger partial charge on any atom is 0.153 e. The van der Waals surface area contributed by atoms with Crippen molar-refractivity contribution in [3.05, 3.63) is 42.2 Å². The highest BCUT2D eigenvalue weighted by Gasteiger charge is 2.01. The van der Waals surface area contributed by atoms with Gasteiger partial charge in [-0.2, -0.15) is 5.10 Å². The van der Waals surface area contributed by atoms with Crippen molar-refractivity contribution in [3.63, 3.8) is 0 Å². The summed E-state index contributed by atoms with van der Waals surface area (Å²) in [6.45, 7) is 0. The van der Waals surface area contributed by atoms with Crippen LogP contribution in [0.15, 0.2) is 41.6 Å². The topological polar surface area (TPSA) is 53.1 Å². The Balaban J connectivity index is 2.05. The minimum absolute atomic E-state index is 0.630. The zero-order chi connectivity index (χ0) is 12.8. The molecule has 0 aliphatic carbocycles. The summed E-state index contributed by atoms with van der Waals surface area (Å²) in [4.78, 5) is 7.51. The quantitative estimate of drug-likeness (QED) is 0.514. The van der Waals surface area contributed by atoms with Crippen molar-refractivity contribution in [2.75, 3.05) is 6.26 Å². The molecule has 0 aliphatic heterocycles. The number of hydrogen-bond acceptors (Lipinski definition) is 4.